The number of hydrogen-bond acceptors (Lipinski definition) is 2. The van der Waals surface area contributed by atoms with Crippen LogP contribution in [0.15, 0.2) is 48.5 Å². The molecule has 0 radical (unpaired) electrons. The van der Waals surface area contributed by atoms with Crippen LogP contribution < -0.4 is 0 Å². The fourth-order valence-electron chi connectivity index (χ4n) is 1.44. The Morgan fingerprint density at radius 1 is 1.11 bits per heavy atom. The minimum absolute atomic E-state index is 0. The molecule has 2 aromatic rings. The van der Waals surface area contributed by atoms with Crippen molar-refractivity contribution in [3.8, 4) is 0 Å². The summed E-state index contributed by atoms with van der Waals surface area (Å²) in [7, 11) is 0. The van der Waals surface area contributed by atoms with Gasteiger partial charge in [0.1, 0.15) is 11.6 Å². The molecule has 0 aliphatic rings. The molecule has 0 amide bonds. The third-order valence-electron chi connectivity index (χ3n) is 2.57. The molecule has 108 valence electrons. The van der Waals surface area contributed by atoms with Crippen molar-refractivity contribution in [2.75, 3.05) is 0 Å². The molecule has 2 nitrogen and oxygen atoms in total. The molecule has 0 heterocycles. The van der Waals surface area contributed by atoms with E-state index in [2.05, 4.69) is 19.1 Å². The number of carbonyl (C=O) groups is 2. The van der Waals surface area contributed by atoms with Gasteiger partial charge in [-0.05, 0) is 0 Å². The van der Waals surface area contributed by atoms with Gasteiger partial charge in [-0.25, -0.2) is 19.1 Å². The van der Waals surface area contributed by atoms with E-state index in [1.54, 1.807) is 31.2 Å². The van der Waals surface area contributed by atoms with Crippen molar-refractivity contribution in [1.29, 1.82) is 0 Å². The van der Waals surface area contributed by atoms with E-state index in [0.717, 1.165) is 0 Å². The van der Waals surface area contributed by atoms with E-state index in [4.69, 9.17) is 0 Å². The first-order valence-electron chi connectivity index (χ1n) is 6.08. The van der Waals surface area contributed by atoms with Crippen LogP contribution in [0.3, 0.4) is 0 Å². The van der Waals surface area contributed by atoms with E-state index in [-0.39, 0.29) is 35.1 Å². The standard InChI is InChI=1S/C10H11O2.C6H7.Fe/c1-2-9(11)7-10(12)8-5-3-4-6-8;1-6-4-2-3-5-6;/h3-6H,2,7H2,1H3;2-5H,1H3;/q-1;-5;. The van der Waals surface area contributed by atoms with Gasteiger partial charge in [-0.1, -0.05) is 12.5 Å². The maximum absolute atomic E-state index is 11.3. The zero-order chi connectivity index (χ0) is 13.4. The van der Waals surface area contributed by atoms with Crippen molar-refractivity contribution in [3.05, 3.63) is 59.7 Å². The van der Waals surface area contributed by atoms with Crippen molar-refractivity contribution in [3.63, 3.8) is 0 Å². The Morgan fingerprint density at radius 2 is 1.63 bits per heavy atom. The summed E-state index contributed by atoms with van der Waals surface area (Å²) >= 11 is 0. The predicted octanol–water partition coefficient (Wildman–Crippen LogP) is 3.67. The van der Waals surface area contributed by atoms with Gasteiger partial charge in [-0.3, -0.25) is 4.79 Å². The number of carbonyl (C=O) groups excluding carboxylic acids is 2. The summed E-state index contributed by atoms with van der Waals surface area (Å²) in [5.41, 5.74) is 1.98. The molecule has 0 spiro atoms. The first kappa shape index (κ1) is 17.6. The topological polar surface area (TPSA) is 34.1 Å². The van der Waals surface area contributed by atoms with Crippen molar-refractivity contribution < 1.29 is 26.7 Å². The van der Waals surface area contributed by atoms with E-state index in [1.165, 1.54) is 5.56 Å². The normalized spacial score (nSPS) is 8.95. The SMILES string of the molecule is CCC(=O)CC(=O)[c-]1cccc1.C[c-]1[cH-][cH-][cH-][cH-]1.[Fe]. The summed E-state index contributed by atoms with van der Waals surface area (Å²) in [5, 5.41) is 0. The second-order valence-corrected chi connectivity index (χ2v) is 4.13. The van der Waals surface area contributed by atoms with Crippen LogP contribution >= 0.6 is 0 Å². The fraction of sp³-hybridized carbons (Fsp3) is 0.250. The average Bonchev–Trinajstić information content (AvgIpc) is 3.01. The number of hydrogen-bond donors (Lipinski definition) is 0. The average molecular weight is 298 g/mol. The maximum Gasteiger partial charge on any atom is 0.139 e. The monoisotopic (exact) mass is 298 g/mol. The Balaban J connectivity index is 0.000000392. The molecular weight excluding hydrogens is 280 g/mol. The number of aryl methyl sites for hydroxylation is 1. The molecule has 2 rings (SSSR count). The molecule has 0 aromatic heterocycles. The Labute approximate surface area is 125 Å². The first-order valence-corrected chi connectivity index (χ1v) is 6.08. The fourth-order valence-corrected chi connectivity index (χ4v) is 1.44. The van der Waals surface area contributed by atoms with Gasteiger partial charge in [0.2, 0.25) is 0 Å². The minimum Gasteiger partial charge on any atom is -0.748 e. The zero-order valence-corrected chi connectivity index (χ0v) is 12.3. The van der Waals surface area contributed by atoms with Crippen LogP contribution in [0, 0.1) is 6.92 Å². The van der Waals surface area contributed by atoms with E-state index in [9.17, 15) is 9.59 Å². The summed E-state index contributed by atoms with van der Waals surface area (Å²) in [6.45, 7) is 3.85. The van der Waals surface area contributed by atoms with Gasteiger partial charge in [0.05, 0.1) is 6.42 Å². The molecule has 19 heavy (non-hydrogen) atoms. The van der Waals surface area contributed by atoms with Crippen LogP contribution in [0.5, 0.6) is 0 Å². The molecule has 0 aliphatic carbocycles. The third kappa shape index (κ3) is 6.90. The van der Waals surface area contributed by atoms with Gasteiger partial charge in [0.25, 0.3) is 0 Å². The van der Waals surface area contributed by atoms with Crippen LogP contribution in [0.1, 0.15) is 35.7 Å². The molecular formula is C16H18FeO2-6. The van der Waals surface area contributed by atoms with Crippen LogP contribution in [0.2, 0.25) is 0 Å². The maximum atomic E-state index is 11.3. The zero-order valence-electron chi connectivity index (χ0n) is 11.2. The molecule has 0 unspecified atom stereocenters. The van der Waals surface area contributed by atoms with Crippen molar-refractivity contribution in [1.82, 2.24) is 0 Å². The van der Waals surface area contributed by atoms with Crippen molar-refractivity contribution in [2.24, 2.45) is 0 Å². The number of ketones is 2. The van der Waals surface area contributed by atoms with E-state index < -0.39 is 0 Å². The van der Waals surface area contributed by atoms with Crippen molar-refractivity contribution in [2.45, 2.75) is 26.7 Å². The van der Waals surface area contributed by atoms with Gasteiger partial charge in [-0.2, -0.15) is 12.1 Å². The Kier molecular flexibility index (Phi) is 8.77. The predicted molar refractivity (Wildman–Crippen MR) is 73.1 cm³/mol. The summed E-state index contributed by atoms with van der Waals surface area (Å²) in [5.74, 6) is -0.0759. The summed E-state index contributed by atoms with van der Waals surface area (Å²) in [6, 6.07) is 15.3. The van der Waals surface area contributed by atoms with Crippen LogP contribution in [0.25, 0.3) is 0 Å². The molecule has 2 aromatic carbocycles. The summed E-state index contributed by atoms with van der Waals surface area (Å²) in [4.78, 5) is 22.2. The second kappa shape index (κ2) is 9.48. The molecule has 3 heteroatoms. The van der Waals surface area contributed by atoms with E-state index in [1.807, 2.05) is 12.1 Å². The molecule has 0 aliphatic heterocycles. The number of rotatable bonds is 4. The smallest absolute Gasteiger partial charge is 0.139 e. The van der Waals surface area contributed by atoms with Crippen LogP contribution in [0.4, 0.5) is 0 Å². The number of Topliss-reactive ketones (excluding diaryl/α,β-unsaturated/α-hetero) is 2. The molecule has 0 saturated carbocycles. The van der Waals surface area contributed by atoms with E-state index >= 15 is 0 Å². The third-order valence-corrected chi connectivity index (χ3v) is 2.57. The van der Waals surface area contributed by atoms with Gasteiger partial charge in [-0.15, -0.1) is 0 Å². The largest absolute Gasteiger partial charge is 0.748 e. The molecule has 0 N–H and O–H groups in total. The Morgan fingerprint density at radius 3 is 2.00 bits per heavy atom. The Bertz CT molecular complexity index is 467. The van der Waals surface area contributed by atoms with Crippen LogP contribution in [-0.4, -0.2) is 11.6 Å². The van der Waals surface area contributed by atoms with Gasteiger partial charge in [0, 0.05) is 23.5 Å². The first-order chi connectivity index (χ1) is 8.63. The van der Waals surface area contributed by atoms with E-state index in [0.29, 0.717) is 12.0 Å². The summed E-state index contributed by atoms with van der Waals surface area (Å²) < 4.78 is 0. The quantitative estimate of drug-likeness (QED) is 0.373. The van der Waals surface area contributed by atoms with Gasteiger partial charge >= 0.3 is 0 Å². The van der Waals surface area contributed by atoms with Gasteiger partial charge < -0.3 is 34.6 Å². The molecule has 0 atom stereocenters. The minimum atomic E-state index is -0.0770. The van der Waals surface area contributed by atoms with Crippen molar-refractivity contribution >= 4 is 11.6 Å². The molecule has 0 saturated heterocycles. The molecule has 0 fully saturated rings. The Hall–Kier alpha value is -1.44. The summed E-state index contributed by atoms with van der Waals surface area (Å²) in [6.07, 6.45) is 0.479. The van der Waals surface area contributed by atoms with Gasteiger partial charge in [0.15, 0.2) is 0 Å². The molecule has 0 bridgehead atoms. The second-order valence-electron chi connectivity index (χ2n) is 4.13. The van der Waals surface area contributed by atoms with Crippen LogP contribution in [-0.2, 0) is 21.9 Å².